The monoisotopic (exact) mass is 397 g/mol. The lowest BCUT2D eigenvalue weighted by Crippen LogP contribution is -2.42. The summed E-state index contributed by atoms with van der Waals surface area (Å²) in [5, 5.41) is 0. The predicted molar refractivity (Wildman–Crippen MR) is 114 cm³/mol. The van der Waals surface area contributed by atoms with E-state index in [4.69, 9.17) is 14.2 Å². The van der Waals surface area contributed by atoms with Crippen molar-refractivity contribution in [3.63, 3.8) is 0 Å². The summed E-state index contributed by atoms with van der Waals surface area (Å²) in [5.74, 6) is 1.58. The summed E-state index contributed by atoms with van der Waals surface area (Å²) in [5.41, 5.74) is 2.95. The molecular formula is C24H31NO4. The number of benzene rings is 2. The molecule has 1 amide bonds. The highest BCUT2D eigenvalue weighted by molar-refractivity contribution is 5.97. The van der Waals surface area contributed by atoms with E-state index in [0.29, 0.717) is 44.2 Å². The number of carbonyl (C=O) groups excluding carboxylic acids is 1. The molecule has 0 atom stereocenters. The summed E-state index contributed by atoms with van der Waals surface area (Å²) in [6.45, 7) is 9.05. The number of para-hydroxylation sites is 1. The first-order valence-corrected chi connectivity index (χ1v) is 10.4. The fourth-order valence-electron chi connectivity index (χ4n) is 3.48. The lowest BCUT2D eigenvalue weighted by atomic mass is 10.1. The molecule has 0 radical (unpaired) electrons. The fraction of sp³-hybridized carbons (Fsp3) is 0.458. The summed E-state index contributed by atoms with van der Waals surface area (Å²) in [7, 11) is 0. The largest absolute Gasteiger partial charge is 0.490 e. The van der Waals surface area contributed by atoms with Crippen molar-refractivity contribution in [2.24, 2.45) is 0 Å². The van der Waals surface area contributed by atoms with Crippen molar-refractivity contribution in [1.29, 1.82) is 0 Å². The van der Waals surface area contributed by atoms with Gasteiger partial charge in [0.1, 0.15) is 24.2 Å². The Balaban J connectivity index is 1.57. The average Bonchev–Trinajstić information content (AvgIpc) is 2.74. The molecule has 1 heterocycles. The van der Waals surface area contributed by atoms with E-state index in [1.54, 1.807) is 0 Å². The molecule has 29 heavy (non-hydrogen) atoms. The number of piperidine rings is 1. The topological polar surface area (TPSA) is 48.0 Å². The Morgan fingerprint density at radius 2 is 1.79 bits per heavy atom. The van der Waals surface area contributed by atoms with Gasteiger partial charge in [-0.15, -0.1) is 0 Å². The van der Waals surface area contributed by atoms with Gasteiger partial charge >= 0.3 is 0 Å². The van der Waals surface area contributed by atoms with Crippen LogP contribution in [-0.4, -0.2) is 49.8 Å². The maximum Gasteiger partial charge on any atom is 0.257 e. The van der Waals surface area contributed by atoms with E-state index in [2.05, 4.69) is 32.0 Å². The van der Waals surface area contributed by atoms with Gasteiger partial charge in [-0.3, -0.25) is 4.79 Å². The van der Waals surface area contributed by atoms with Gasteiger partial charge in [0, 0.05) is 32.5 Å². The summed E-state index contributed by atoms with van der Waals surface area (Å²) in [6, 6.07) is 13.7. The first-order valence-electron chi connectivity index (χ1n) is 10.4. The highest BCUT2D eigenvalue weighted by Gasteiger charge is 2.26. The normalized spacial score (nSPS) is 14.7. The first kappa shape index (κ1) is 21.2. The van der Waals surface area contributed by atoms with Crippen molar-refractivity contribution in [3.05, 3.63) is 59.2 Å². The summed E-state index contributed by atoms with van der Waals surface area (Å²) < 4.78 is 17.3. The van der Waals surface area contributed by atoms with Crippen LogP contribution in [0.15, 0.2) is 42.5 Å². The zero-order valence-electron chi connectivity index (χ0n) is 17.6. The van der Waals surface area contributed by atoms with E-state index in [9.17, 15) is 4.79 Å². The number of aryl methyl sites for hydroxylation is 2. The van der Waals surface area contributed by atoms with Crippen LogP contribution in [0.1, 0.15) is 41.3 Å². The molecule has 1 aliphatic heterocycles. The van der Waals surface area contributed by atoms with Gasteiger partial charge in [-0.2, -0.15) is 0 Å². The van der Waals surface area contributed by atoms with Crippen LogP contribution in [0.4, 0.5) is 0 Å². The van der Waals surface area contributed by atoms with Gasteiger partial charge in [-0.25, -0.2) is 0 Å². The van der Waals surface area contributed by atoms with Gasteiger partial charge in [0.05, 0.1) is 12.2 Å². The molecule has 3 rings (SSSR count). The molecule has 2 aromatic carbocycles. The van der Waals surface area contributed by atoms with Crippen molar-refractivity contribution in [2.45, 2.75) is 39.7 Å². The number of ether oxygens (including phenoxy) is 3. The molecular weight excluding hydrogens is 366 g/mol. The van der Waals surface area contributed by atoms with Crippen molar-refractivity contribution >= 4 is 5.91 Å². The minimum atomic E-state index is 0.0159. The Morgan fingerprint density at radius 3 is 2.55 bits per heavy atom. The Hall–Kier alpha value is -2.53. The summed E-state index contributed by atoms with van der Waals surface area (Å²) >= 11 is 0. The van der Waals surface area contributed by atoms with Gasteiger partial charge in [0.25, 0.3) is 5.91 Å². The lowest BCUT2D eigenvalue weighted by Gasteiger charge is -2.33. The zero-order chi connectivity index (χ0) is 20.6. The zero-order valence-corrected chi connectivity index (χ0v) is 17.6. The van der Waals surface area contributed by atoms with Crippen LogP contribution in [0.3, 0.4) is 0 Å². The maximum absolute atomic E-state index is 13.0. The number of hydrogen-bond donors (Lipinski definition) is 0. The number of carbonyl (C=O) groups is 1. The van der Waals surface area contributed by atoms with Gasteiger partial charge < -0.3 is 19.1 Å². The van der Waals surface area contributed by atoms with Gasteiger partial charge in [0.15, 0.2) is 0 Å². The maximum atomic E-state index is 13.0. The molecule has 0 N–H and O–H groups in total. The van der Waals surface area contributed by atoms with Crippen molar-refractivity contribution in [1.82, 2.24) is 4.90 Å². The molecule has 1 saturated heterocycles. The minimum Gasteiger partial charge on any atom is -0.490 e. The smallest absolute Gasteiger partial charge is 0.257 e. The molecule has 5 heteroatoms. The molecule has 0 unspecified atom stereocenters. The Labute approximate surface area is 173 Å². The van der Waals surface area contributed by atoms with Crippen LogP contribution >= 0.6 is 0 Å². The molecule has 0 aliphatic carbocycles. The predicted octanol–water partition coefficient (Wildman–Crippen LogP) is 4.40. The number of amides is 1. The van der Waals surface area contributed by atoms with Crippen molar-refractivity contribution < 1.29 is 19.0 Å². The van der Waals surface area contributed by atoms with Crippen LogP contribution in [0, 0.1) is 13.8 Å². The van der Waals surface area contributed by atoms with E-state index >= 15 is 0 Å². The van der Waals surface area contributed by atoms with Crippen LogP contribution in [0.5, 0.6) is 11.5 Å². The molecule has 0 spiro atoms. The first-order chi connectivity index (χ1) is 14.1. The van der Waals surface area contributed by atoms with E-state index < -0.39 is 0 Å². The molecule has 0 bridgehead atoms. The molecule has 0 saturated carbocycles. The molecule has 2 aromatic rings. The molecule has 156 valence electrons. The quantitative estimate of drug-likeness (QED) is 0.620. The number of hydrogen-bond acceptors (Lipinski definition) is 4. The van der Waals surface area contributed by atoms with Crippen molar-refractivity contribution in [2.75, 3.05) is 32.9 Å². The fourth-order valence-corrected chi connectivity index (χ4v) is 3.48. The van der Waals surface area contributed by atoms with E-state index in [1.165, 1.54) is 5.56 Å². The number of rotatable bonds is 8. The van der Waals surface area contributed by atoms with Gasteiger partial charge in [-0.1, -0.05) is 24.3 Å². The van der Waals surface area contributed by atoms with Crippen LogP contribution in [0.2, 0.25) is 0 Å². The summed E-state index contributed by atoms with van der Waals surface area (Å²) in [4.78, 5) is 14.9. The lowest BCUT2D eigenvalue weighted by molar-refractivity contribution is 0.0587. The second-order valence-corrected chi connectivity index (χ2v) is 7.42. The van der Waals surface area contributed by atoms with Crippen LogP contribution in [-0.2, 0) is 4.74 Å². The Kier molecular flexibility index (Phi) is 7.53. The standard InChI is InChI=1S/C24H31NO4/c1-4-27-15-16-28-22-8-6-5-7-21(22)24(26)25-13-11-20(12-14-25)29-23-17-18(2)9-10-19(23)3/h5-10,17,20H,4,11-16H2,1-3H3. The minimum absolute atomic E-state index is 0.0159. The molecule has 1 fully saturated rings. The Bertz CT molecular complexity index is 812. The third-order valence-electron chi connectivity index (χ3n) is 5.17. The summed E-state index contributed by atoms with van der Waals surface area (Å²) in [6.07, 6.45) is 1.79. The number of nitrogens with zero attached hydrogens (tertiary/aromatic N) is 1. The van der Waals surface area contributed by atoms with Gasteiger partial charge in [-0.05, 0) is 50.1 Å². The number of likely N-dealkylation sites (tertiary alicyclic amines) is 1. The highest BCUT2D eigenvalue weighted by Crippen LogP contribution is 2.26. The average molecular weight is 398 g/mol. The van der Waals surface area contributed by atoms with Gasteiger partial charge in [0.2, 0.25) is 0 Å². The molecule has 0 aromatic heterocycles. The van der Waals surface area contributed by atoms with E-state index in [0.717, 1.165) is 24.2 Å². The third kappa shape index (κ3) is 5.73. The SMILES string of the molecule is CCOCCOc1ccccc1C(=O)N1CCC(Oc2cc(C)ccc2C)CC1. The third-order valence-corrected chi connectivity index (χ3v) is 5.17. The molecule has 5 nitrogen and oxygen atoms in total. The Morgan fingerprint density at radius 1 is 1.03 bits per heavy atom. The van der Waals surface area contributed by atoms with Crippen LogP contribution in [0.25, 0.3) is 0 Å². The van der Waals surface area contributed by atoms with Crippen molar-refractivity contribution in [3.8, 4) is 11.5 Å². The second-order valence-electron chi connectivity index (χ2n) is 7.42. The van der Waals surface area contributed by atoms with E-state index in [1.807, 2.05) is 36.1 Å². The highest BCUT2D eigenvalue weighted by atomic mass is 16.5. The van der Waals surface area contributed by atoms with E-state index in [-0.39, 0.29) is 12.0 Å². The molecule has 1 aliphatic rings. The van der Waals surface area contributed by atoms with Crippen LogP contribution < -0.4 is 9.47 Å². The second kappa shape index (κ2) is 10.3.